The summed E-state index contributed by atoms with van der Waals surface area (Å²) < 4.78 is 1.00. The summed E-state index contributed by atoms with van der Waals surface area (Å²) in [4.78, 5) is 6.25. The van der Waals surface area contributed by atoms with Gasteiger partial charge in [-0.05, 0) is 47.5 Å². The van der Waals surface area contributed by atoms with Gasteiger partial charge in [0.1, 0.15) is 0 Å². The Morgan fingerprint density at radius 3 is 2.53 bits per heavy atom. The van der Waals surface area contributed by atoms with Gasteiger partial charge in [0, 0.05) is 25.1 Å². The van der Waals surface area contributed by atoms with Crippen LogP contribution in [0.4, 0.5) is 11.4 Å². The topological polar surface area (TPSA) is 16.1 Å². The van der Waals surface area contributed by atoms with Crippen molar-refractivity contribution in [2.75, 3.05) is 11.9 Å². The molecule has 3 heteroatoms. The monoisotopic (exact) mass is 290 g/mol. The Hall–Kier alpha value is -1.35. The molecule has 0 aliphatic heterocycles. The summed E-state index contributed by atoms with van der Waals surface area (Å²) in [5.74, 6) is 0. The van der Waals surface area contributed by atoms with Crippen LogP contribution >= 0.6 is 15.9 Å². The van der Waals surface area contributed by atoms with E-state index in [0.29, 0.717) is 0 Å². The number of pyridine rings is 1. The number of hydrogen-bond acceptors (Lipinski definition) is 2. The molecule has 0 radical (unpaired) electrons. The highest BCUT2D eigenvalue weighted by atomic mass is 79.9. The summed E-state index contributed by atoms with van der Waals surface area (Å²) in [5.41, 5.74) is 4.89. The molecule has 0 saturated carbocycles. The zero-order chi connectivity index (χ0) is 12.4. The van der Waals surface area contributed by atoms with Crippen molar-refractivity contribution >= 4 is 27.3 Å². The van der Waals surface area contributed by atoms with E-state index >= 15 is 0 Å². The molecule has 88 valence electrons. The molecule has 0 N–H and O–H groups in total. The van der Waals surface area contributed by atoms with Crippen molar-refractivity contribution in [2.45, 2.75) is 13.8 Å². The fourth-order valence-electron chi connectivity index (χ4n) is 1.95. The molecule has 0 saturated heterocycles. The number of hydrogen-bond donors (Lipinski definition) is 0. The molecule has 0 fully saturated rings. The van der Waals surface area contributed by atoms with Crippen LogP contribution in [-0.4, -0.2) is 12.0 Å². The molecule has 1 heterocycles. The first-order valence-corrected chi connectivity index (χ1v) is 6.29. The minimum Gasteiger partial charge on any atom is -0.343 e. The first kappa shape index (κ1) is 12.1. The maximum Gasteiger partial charge on any atom is 0.0595 e. The van der Waals surface area contributed by atoms with Gasteiger partial charge in [0.2, 0.25) is 0 Å². The first-order chi connectivity index (χ1) is 8.09. The van der Waals surface area contributed by atoms with Crippen molar-refractivity contribution in [2.24, 2.45) is 0 Å². The Morgan fingerprint density at radius 2 is 1.88 bits per heavy atom. The Balaban J connectivity index is 2.44. The molecule has 2 aromatic rings. The van der Waals surface area contributed by atoms with E-state index in [9.17, 15) is 0 Å². The van der Waals surface area contributed by atoms with E-state index in [0.717, 1.165) is 10.2 Å². The lowest BCUT2D eigenvalue weighted by atomic mass is 10.1. The zero-order valence-electron chi connectivity index (χ0n) is 10.2. The van der Waals surface area contributed by atoms with Gasteiger partial charge in [-0.15, -0.1) is 0 Å². The summed E-state index contributed by atoms with van der Waals surface area (Å²) in [5, 5.41) is 0. The molecule has 0 amide bonds. The number of aromatic nitrogens is 1. The van der Waals surface area contributed by atoms with E-state index in [1.807, 2.05) is 12.3 Å². The van der Waals surface area contributed by atoms with Crippen LogP contribution < -0.4 is 4.90 Å². The Morgan fingerprint density at radius 1 is 1.12 bits per heavy atom. The number of halogens is 1. The van der Waals surface area contributed by atoms with E-state index in [1.165, 1.54) is 16.8 Å². The number of nitrogens with zero attached hydrogens (tertiary/aromatic N) is 2. The minimum atomic E-state index is 1.00. The molecule has 2 nitrogen and oxygen atoms in total. The first-order valence-electron chi connectivity index (χ1n) is 5.50. The molecule has 17 heavy (non-hydrogen) atoms. The number of anilines is 2. The van der Waals surface area contributed by atoms with Gasteiger partial charge in [0.15, 0.2) is 0 Å². The lowest BCUT2D eigenvalue weighted by molar-refractivity contribution is 1.15. The summed E-state index contributed by atoms with van der Waals surface area (Å²) in [7, 11) is 2.07. The highest BCUT2D eigenvalue weighted by Crippen LogP contribution is 2.31. The van der Waals surface area contributed by atoms with Gasteiger partial charge >= 0.3 is 0 Å². The van der Waals surface area contributed by atoms with Crippen LogP contribution in [0.5, 0.6) is 0 Å². The van der Waals surface area contributed by atoms with E-state index < -0.39 is 0 Å². The Bertz CT molecular complexity index is 537. The van der Waals surface area contributed by atoms with Crippen LogP contribution in [-0.2, 0) is 0 Å². The highest BCUT2D eigenvalue weighted by Gasteiger charge is 2.09. The molecule has 0 unspecified atom stereocenters. The molecule has 1 aromatic heterocycles. The van der Waals surface area contributed by atoms with Gasteiger partial charge in [-0.2, -0.15) is 0 Å². The highest BCUT2D eigenvalue weighted by molar-refractivity contribution is 9.10. The second kappa shape index (κ2) is 4.88. The molecule has 0 aliphatic carbocycles. The second-order valence-corrected chi connectivity index (χ2v) is 5.03. The third-order valence-electron chi connectivity index (χ3n) is 2.83. The van der Waals surface area contributed by atoms with E-state index in [1.54, 1.807) is 6.20 Å². The number of aryl methyl sites for hydroxylation is 2. The van der Waals surface area contributed by atoms with E-state index in [-0.39, 0.29) is 0 Å². The van der Waals surface area contributed by atoms with Gasteiger partial charge in [0.05, 0.1) is 10.2 Å². The number of benzene rings is 1. The average Bonchev–Trinajstić information content (AvgIpc) is 2.29. The third kappa shape index (κ3) is 2.50. The fraction of sp³-hybridized carbons (Fsp3) is 0.214. The fourth-order valence-corrected chi connectivity index (χ4v) is 2.47. The lowest BCUT2D eigenvalue weighted by Gasteiger charge is -2.22. The number of rotatable bonds is 2. The van der Waals surface area contributed by atoms with Gasteiger partial charge in [-0.3, -0.25) is 4.98 Å². The molecule has 2 rings (SSSR count). The summed E-state index contributed by atoms with van der Waals surface area (Å²) in [6, 6.07) is 8.48. The molecule has 0 aliphatic rings. The molecule has 1 aromatic carbocycles. The van der Waals surface area contributed by atoms with Gasteiger partial charge in [-0.25, -0.2) is 0 Å². The van der Waals surface area contributed by atoms with Crippen LogP contribution in [0.15, 0.2) is 41.1 Å². The minimum absolute atomic E-state index is 1.00. The van der Waals surface area contributed by atoms with Crippen molar-refractivity contribution in [1.29, 1.82) is 0 Å². The molecular formula is C14H15BrN2. The summed E-state index contributed by atoms with van der Waals surface area (Å²) in [6.07, 6.45) is 3.62. The Labute approximate surface area is 110 Å². The van der Waals surface area contributed by atoms with Crippen LogP contribution in [0.3, 0.4) is 0 Å². The SMILES string of the molecule is Cc1ccc(N(C)c2ccncc2Br)c(C)c1. The summed E-state index contributed by atoms with van der Waals surface area (Å²) in [6.45, 7) is 4.24. The Kier molecular flexibility index (Phi) is 3.48. The average molecular weight is 291 g/mol. The third-order valence-corrected chi connectivity index (χ3v) is 3.44. The van der Waals surface area contributed by atoms with E-state index in [4.69, 9.17) is 0 Å². The molecule has 0 atom stereocenters. The van der Waals surface area contributed by atoms with Crippen LogP contribution in [0.25, 0.3) is 0 Å². The van der Waals surface area contributed by atoms with Crippen molar-refractivity contribution < 1.29 is 0 Å². The molecule has 0 spiro atoms. The molecular weight excluding hydrogens is 276 g/mol. The second-order valence-electron chi connectivity index (χ2n) is 4.18. The van der Waals surface area contributed by atoms with Crippen LogP contribution in [0.1, 0.15) is 11.1 Å². The quantitative estimate of drug-likeness (QED) is 0.823. The largest absolute Gasteiger partial charge is 0.343 e. The predicted molar refractivity (Wildman–Crippen MR) is 75.9 cm³/mol. The van der Waals surface area contributed by atoms with Gasteiger partial charge in [0.25, 0.3) is 0 Å². The van der Waals surface area contributed by atoms with Crippen molar-refractivity contribution in [3.63, 3.8) is 0 Å². The van der Waals surface area contributed by atoms with Crippen molar-refractivity contribution in [1.82, 2.24) is 4.98 Å². The van der Waals surface area contributed by atoms with Crippen LogP contribution in [0.2, 0.25) is 0 Å². The molecule has 0 bridgehead atoms. The zero-order valence-corrected chi connectivity index (χ0v) is 11.8. The smallest absolute Gasteiger partial charge is 0.0595 e. The van der Waals surface area contributed by atoms with Crippen LogP contribution in [0, 0.1) is 13.8 Å². The lowest BCUT2D eigenvalue weighted by Crippen LogP contribution is -2.11. The van der Waals surface area contributed by atoms with Crippen molar-refractivity contribution in [3.8, 4) is 0 Å². The standard InChI is InChI=1S/C14H15BrN2/c1-10-4-5-13(11(2)8-10)17(3)14-6-7-16-9-12(14)15/h4-9H,1-3H3. The maximum atomic E-state index is 4.08. The predicted octanol–water partition coefficient (Wildman–Crippen LogP) is 4.23. The van der Waals surface area contributed by atoms with Gasteiger partial charge < -0.3 is 4.90 Å². The normalized spacial score (nSPS) is 10.4. The van der Waals surface area contributed by atoms with E-state index in [2.05, 4.69) is 64.9 Å². The van der Waals surface area contributed by atoms with Crippen molar-refractivity contribution in [3.05, 3.63) is 52.3 Å². The van der Waals surface area contributed by atoms with Gasteiger partial charge in [-0.1, -0.05) is 17.7 Å². The summed E-state index contributed by atoms with van der Waals surface area (Å²) >= 11 is 3.53. The maximum absolute atomic E-state index is 4.08.